The van der Waals surface area contributed by atoms with E-state index in [4.69, 9.17) is 18.5 Å². The van der Waals surface area contributed by atoms with Crippen LogP contribution in [0.4, 0.5) is 0 Å². The highest BCUT2D eigenvalue weighted by Crippen LogP contribution is 2.38. The summed E-state index contributed by atoms with van der Waals surface area (Å²) in [6.45, 7) is 5.10. The molecule has 328 valence electrons. The minimum atomic E-state index is -4.54. The molecule has 0 bridgehead atoms. The van der Waals surface area contributed by atoms with E-state index in [2.05, 4.69) is 98.9 Å². The second kappa shape index (κ2) is 40.5. The zero-order valence-electron chi connectivity index (χ0n) is 37.0. The lowest BCUT2D eigenvalue weighted by atomic mass is 10.1. The Morgan fingerprint density at radius 3 is 1.44 bits per heavy atom. The zero-order valence-corrected chi connectivity index (χ0v) is 37.9. The molecule has 0 aromatic rings. The molecule has 0 radical (unpaired) electrons. The Hall–Kier alpha value is -2.32. The molecular weight excluding hydrogens is 734 g/mol. The normalized spacial score (nSPS) is 14.6. The number of likely N-dealkylation sites (N-methyl/N-ethyl adjacent to an activating group) is 1. The third-order valence-corrected chi connectivity index (χ3v) is 9.91. The summed E-state index contributed by atoms with van der Waals surface area (Å²) in [7, 11) is 1.32. The van der Waals surface area contributed by atoms with Crippen molar-refractivity contribution in [2.45, 2.75) is 161 Å². The van der Waals surface area contributed by atoms with Gasteiger partial charge in [0.25, 0.3) is 7.82 Å². The van der Waals surface area contributed by atoms with Crippen LogP contribution < -0.4 is 4.89 Å². The summed E-state index contributed by atoms with van der Waals surface area (Å²) in [5.74, 6) is -0.355. The van der Waals surface area contributed by atoms with Crippen LogP contribution in [0.3, 0.4) is 0 Å². The van der Waals surface area contributed by atoms with Crippen molar-refractivity contribution in [1.82, 2.24) is 0 Å². The number of nitrogens with zero attached hydrogens (tertiary/aromatic N) is 1. The molecule has 0 saturated heterocycles. The number of carbonyl (C=O) groups excluding carboxylic acids is 1. The average molecular weight is 818 g/mol. The molecule has 9 heteroatoms. The highest BCUT2D eigenvalue weighted by atomic mass is 31.2. The van der Waals surface area contributed by atoms with Crippen LogP contribution in [0.15, 0.2) is 85.1 Å². The lowest BCUT2D eigenvalue weighted by molar-refractivity contribution is -0.870. The summed E-state index contributed by atoms with van der Waals surface area (Å²) < 4.78 is 34.6. The Labute approximate surface area is 350 Å². The van der Waals surface area contributed by atoms with Gasteiger partial charge in [-0.1, -0.05) is 150 Å². The molecule has 0 fully saturated rings. The van der Waals surface area contributed by atoms with Gasteiger partial charge in [-0.25, -0.2) is 0 Å². The van der Waals surface area contributed by atoms with Crippen LogP contribution in [-0.4, -0.2) is 70.7 Å². The zero-order chi connectivity index (χ0) is 42.0. The minimum absolute atomic E-state index is 0.0149. The fourth-order valence-corrected chi connectivity index (χ4v) is 6.28. The van der Waals surface area contributed by atoms with E-state index in [-0.39, 0.29) is 25.8 Å². The Kier molecular flexibility index (Phi) is 38.8. The molecule has 0 amide bonds. The first-order valence-corrected chi connectivity index (χ1v) is 23.8. The van der Waals surface area contributed by atoms with Gasteiger partial charge in [-0.3, -0.25) is 9.36 Å². The number of hydrogen-bond donors (Lipinski definition) is 0. The number of ether oxygens (including phenoxy) is 2. The summed E-state index contributed by atoms with van der Waals surface area (Å²) in [6.07, 6.45) is 53.1. The van der Waals surface area contributed by atoms with E-state index in [1.54, 1.807) is 0 Å². The van der Waals surface area contributed by atoms with Gasteiger partial charge < -0.3 is 27.9 Å². The maximum Gasteiger partial charge on any atom is 0.306 e. The Bertz CT molecular complexity index is 1180. The molecule has 0 heterocycles. The number of rotatable bonds is 40. The van der Waals surface area contributed by atoms with Gasteiger partial charge in [-0.15, -0.1) is 0 Å². The molecule has 8 nitrogen and oxygen atoms in total. The number of esters is 1. The van der Waals surface area contributed by atoms with Gasteiger partial charge in [0.15, 0.2) is 0 Å². The highest BCUT2D eigenvalue weighted by molar-refractivity contribution is 7.45. The summed E-state index contributed by atoms with van der Waals surface area (Å²) in [4.78, 5) is 25.1. The molecule has 0 aliphatic heterocycles. The van der Waals surface area contributed by atoms with Gasteiger partial charge in [0, 0.05) is 13.0 Å². The fraction of sp³-hybridized carbons (Fsp3) is 0.688. The van der Waals surface area contributed by atoms with E-state index in [1.807, 2.05) is 21.1 Å². The van der Waals surface area contributed by atoms with Gasteiger partial charge in [-0.05, 0) is 83.5 Å². The molecular formula is C48H84NO7P. The topological polar surface area (TPSA) is 94.1 Å². The van der Waals surface area contributed by atoms with Gasteiger partial charge in [0.2, 0.25) is 0 Å². The number of carbonyl (C=O) groups is 1. The van der Waals surface area contributed by atoms with E-state index in [9.17, 15) is 14.3 Å². The van der Waals surface area contributed by atoms with Crippen LogP contribution in [0.1, 0.15) is 155 Å². The van der Waals surface area contributed by atoms with Crippen molar-refractivity contribution in [2.75, 3.05) is 54.1 Å². The third-order valence-electron chi connectivity index (χ3n) is 8.94. The lowest BCUT2D eigenvalue weighted by Gasteiger charge is -2.28. The van der Waals surface area contributed by atoms with Gasteiger partial charge >= 0.3 is 5.97 Å². The molecule has 0 saturated carbocycles. The van der Waals surface area contributed by atoms with E-state index in [0.717, 1.165) is 103 Å². The number of hydrogen-bond acceptors (Lipinski definition) is 7. The third kappa shape index (κ3) is 44.6. The standard InChI is InChI=1S/C48H84NO7P/c1-6-8-10-12-14-16-18-20-22-23-24-25-26-27-28-29-31-33-35-37-39-41-48(50)56-47(46-55-57(51,52)54-44-42-49(3,4)5)45-53-43-40-38-36-34-32-30-21-19-17-15-13-11-9-7-2/h8-11,14-17,20-22,24-25,30,47H,6-7,12-13,18-19,23,26-29,31-46H2,1-5H3/b10-8-,11-9-,16-14-,17-15-,22-20-,25-24-,30-21-. The lowest BCUT2D eigenvalue weighted by Crippen LogP contribution is -2.37. The number of quaternary nitrogens is 1. The summed E-state index contributed by atoms with van der Waals surface area (Å²) in [5.41, 5.74) is 0. The van der Waals surface area contributed by atoms with Crippen molar-refractivity contribution in [2.24, 2.45) is 0 Å². The van der Waals surface area contributed by atoms with Crippen molar-refractivity contribution in [1.29, 1.82) is 0 Å². The molecule has 0 aromatic heterocycles. The molecule has 0 aliphatic rings. The molecule has 57 heavy (non-hydrogen) atoms. The second-order valence-electron chi connectivity index (χ2n) is 15.6. The largest absolute Gasteiger partial charge is 0.756 e. The van der Waals surface area contributed by atoms with Crippen molar-refractivity contribution in [3.8, 4) is 0 Å². The number of allylic oxidation sites excluding steroid dienone is 14. The summed E-state index contributed by atoms with van der Waals surface area (Å²) in [5, 5.41) is 0. The number of phosphoric acid groups is 1. The molecule has 0 rings (SSSR count). The quantitative estimate of drug-likeness (QED) is 0.0200. The second-order valence-corrected chi connectivity index (χ2v) is 17.1. The number of phosphoric ester groups is 1. The number of unbranched alkanes of at least 4 members (excludes halogenated alkanes) is 12. The summed E-state index contributed by atoms with van der Waals surface area (Å²) >= 11 is 0. The predicted molar refractivity (Wildman–Crippen MR) is 240 cm³/mol. The molecule has 0 aromatic carbocycles. The SMILES string of the molecule is CC/C=C\C/C=C\C/C=C\C/C=C\CCCCCCCCCCC(=O)OC(COCCCCCC/C=C\C/C=C\C/C=C\CC)COP(=O)([O-])OCC[N+](C)(C)C. The first kappa shape index (κ1) is 54.7. The Balaban J connectivity index is 4.27. The molecule has 2 unspecified atom stereocenters. The molecule has 0 spiro atoms. The fourth-order valence-electron chi connectivity index (χ4n) is 5.55. The molecule has 0 aliphatic carbocycles. The van der Waals surface area contributed by atoms with Crippen molar-refractivity contribution in [3.05, 3.63) is 85.1 Å². The van der Waals surface area contributed by atoms with E-state index >= 15 is 0 Å². The smallest absolute Gasteiger partial charge is 0.306 e. The van der Waals surface area contributed by atoms with Crippen LogP contribution in [-0.2, 0) is 27.9 Å². The highest BCUT2D eigenvalue weighted by Gasteiger charge is 2.20. The van der Waals surface area contributed by atoms with E-state index in [0.29, 0.717) is 24.1 Å². The Morgan fingerprint density at radius 2 is 0.965 bits per heavy atom. The maximum absolute atomic E-state index is 12.7. The summed E-state index contributed by atoms with van der Waals surface area (Å²) in [6, 6.07) is 0. The van der Waals surface area contributed by atoms with E-state index < -0.39 is 13.9 Å². The van der Waals surface area contributed by atoms with Crippen LogP contribution in [0.2, 0.25) is 0 Å². The Morgan fingerprint density at radius 1 is 0.544 bits per heavy atom. The first-order valence-electron chi connectivity index (χ1n) is 22.3. The first-order chi connectivity index (χ1) is 27.6. The van der Waals surface area contributed by atoms with Gasteiger partial charge in [0.05, 0.1) is 34.4 Å². The van der Waals surface area contributed by atoms with Crippen LogP contribution in [0.25, 0.3) is 0 Å². The predicted octanol–water partition coefficient (Wildman–Crippen LogP) is 12.6. The van der Waals surface area contributed by atoms with Crippen LogP contribution in [0.5, 0.6) is 0 Å². The van der Waals surface area contributed by atoms with Crippen molar-refractivity contribution in [3.63, 3.8) is 0 Å². The monoisotopic (exact) mass is 818 g/mol. The van der Waals surface area contributed by atoms with Crippen LogP contribution in [0, 0.1) is 0 Å². The minimum Gasteiger partial charge on any atom is -0.756 e. The van der Waals surface area contributed by atoms with Gasteiger partial charge in [-0.2, -0.15) is 0 Å². The molecule has 2 atom stereocenters. The van der Waals surface area contributed by atoms with Gasteiger partial charge in [0.1, 0.15) is 19.3 Å². The van der Waals surface area contributed by atoms with E-state index in [1.165, 1.54) is 32.1 Å². The average Bonchev–Trinajstić information content (AvgIpc) is 3.16. The van der Waals surface area contributed by atoms with Crippen molar-refractivity contribution < 1.29 is 37.3 Å². The van der Waals surface area contributed by atoms with Crippen molar-refractivity contribution >= 4 is 13.8 Å². The van der Waals surface area contributed by atoms with Crippen LogP contribution >= 0.6 is 7.82 Å². The maximum atomic E-state index is 12.7. The molecule has 0 N–H and O–H groups in total.